The molecule has 0 radical (unpaired) electrons. The molecule has 4 nitrogen and oxygen atoms in total. The van der Waals surface area contributed by atoms with E-state index in [1.54, 1.807) is 0 Å². The standard InChI is InChI=1S/C29H37NO3/c1-5-6-8-13-22-17-25(32-28(31)30-19-21-11-9-7-10-12-21)27-23-16-20(2)14-15-24(23)29(3,4)33-26(27)18-22/h7,9-12,16-18,23-24H,5-6,8,13-15,19H2,1-4H3,(H,30,31)/t23?,24-/m1/s1. The maximum absolute atomic E-state index is 12.8. The van der Waals surface area contributed by atoms with Gasteiger partial charge in [-0.15, -0.1) is 0 Å². The molecule has 0 bridgehead atoms. The Morgan fingerprint density at radius 1 is 1.15 bits per heavy atom. The zero-order valence-electron chi connectivity index (χ0n) is 20.4. The Morgan fingerprint density at radius 2 is 1.94 bits per heavy atom. The van der Waals surface area contributed by atoms with Crippen molar-refractivity contribution < 1.29 is 14.3 Å². The van der Waals surface area contributed by atoms with Gasteiger partial charge in [-0.05, 0) is 69.7 Å². The van der Waals surface area contributed by atoms with E-state index in [0.29, 0.717) is 18.2 Å². The Kier molecular flexibility index (Phi) is 7.11. The third kappa shape index (κ3) is 5.43. The van der Waals surface area contributed by atoms with Gasteiger partial charge in [0.05, 0.1) is 0 Å². The number of allylic oxidation sites excluding steroid dienone is 2. The molecule has 4 heteroatoms. The van der Waals surface area contributed by atoms with E-state index in [1.807, 2.05) is 30.3 Å². The Hall–Kier alpha value is -2.75. The van der Waals surface area contributed by atoms with Gasteiger partial charge in [-0.1, -0.05) is 61.7 Å². The van der Waals surface area contributed by atoms with Crippen LogP contribution in [0.4, 0.5) is 4.79 Å². The fourth-order valence-electron chi connectivity index (χ4n) is 5.27. The number of carbonyl (C=O) groups excluding carboxylic acids is 1. The Balaban J connectivity index is 1.65. The van der Waals surface area contributed by atoms with Gasteiger partial charge in [-0.2, -0.15) is 0 Å². The molecule has 0 aromatic heterocycles. The lowest BCUT2D eigenvalue weighted by Gasteiger charge is -2.46. The molecule has 0 saturated heterocycles. The molecule has 1 aliphatic heterocycles. The van der Waals surface area contributed by atoms with Gasteiger partial charge in [0.25, 0.3) is 0 Å². The number of rotatable bonds is 7. The molecule has 33 heavy (non-hydrogen) atoms. The summed E-state index contributed by atoms with van der Waals surface area (Å²) in [4.78, 5) is 12.8. The van der Waals surface area contributed by atoms with Crippen molar-refractivity contribution >= 4 is 6.09 Å². The lowest BCUT2D eigenvalue weighted by atomic mass is 9.68. The molecule has 0 saturated carbocycles. The average molecular weight is 448 g/mol. The van der Waals surface area contributed by atoms with E-state index >= 15 is 0 Å². The first-order valence-corrected chi connectivity index (χ1v) is 12.4. The zero-order chi connectivity index (χ0) is 23.4. The molecular formula is C29H37NO3. The van der Waals surface area contributed by atoms with Crippen LogP contribution in [0.25, 0.3) is 0 Å². The predicted molar refractivity (Wildman–Crippen MR) is 133 cm³/mol. The second-order valence-electron chi connectivity index (χ2n) is 10.1. The van der Waals surface area contributed by atoms with E-state index in [4.69, 9.17) is 9.47 Å². The highest BCUT2D eigenvalue weighted by Gasteiger charge is 2.45. The molecule has 1 heterocycles. The molecule has 0 fully saturated rings. The molecule has 4 rings (SSSR count). The molecule has 2 aromatic rings. The number of hydrogen-bond donors (Lipinski definition) is 1. The van der Waals surface area contributed by atoms with Gasteiger partial charge in [-0.25, -0.2) is 4.79 Å². The SMILES string of the molecule is CCCCCc1cc(OC(=O)NCc2ccccc2)c2c(c1)OC(C)(C)[C@@H]1CCC(C)=CC21. The summed E-state index contributed by atoms with van der Waals surface area (Å²) in [7, 11) is 0. The van der Waals surface area contributed by atoms with Crippen LogP contribution in [0, 0.1) is 5.92 Å². The zero-order valence-corrected chi connectivity index (χ0v) is 20.4. The minimum atomic E-state index is -0.426. The number of aryl methyl sites for hydroxylation is 1. The van der Waals surface area contributed by atoms with E-state index < -0.39 is 6.09 Å². The van der Waals surface area contributed by atoms with Gasteiger partial charge in [0, 0.05) is 23.9 Å². The van der Waals surface area contributed by atoms with Gasteiger partial charge < -0.3 is 14.8 Å². The summed E-state index contributed by atoms with van der Waals surface area (Å²) in [6.45, 7) is 9.23. The number of ether oxygens (including phenoxy) is 2. The van der Waals surface area contributed by atoms with Crippen LogP contribution in [0.5, 0.6) is 11.5 Å². The summed E-state index contributed by atoms with van der Waals surface area (Å²) in [5.74, 6) is 2.06. The molecule has 2 aliphatic rings. The summed E-state index contributed by atoms with van der Waals surface area (Å²) in [5, 5.41) is 2.91. The van der Waals surface area contributed by atoms with Gasteiger partial charge in [0.2, 0.25) is 0 Å². The Morgan fingerprint density at radius 3 is 2.70 bits per heavy atom. The topological polar surface area (TPSA) is 47.6 Å². The minimum absolute atomic E-state index is 0.194. The second-order valence-corrected chi connectivity index (χ2v) is 10.1. The van der Waals surface area contributed by atoms with Crippen LogP contribution in [0.1, 0.15) is 82.4 Å². The van der Waals surface area contributed by atoms with Crippen molar-refractivity contribution in [2.24, 2.45) is 5.92 Å². The maximum Gasteiger partial charge on any atom is 0.412 e. The number of benzene rings is 2. The van der Waals surface area contributed by atoms with Gasteiger partial charge >= 0.3 is 6.09 Å². The summed E-state index contributed by atoms with van der Waals surface area (Å²) in [6, 6.07) is 14.1. The quantitative estimate of drug-likeness (QED) is 0.357. The van der Waals surface area contributed by atoms with Crippen molar-refractivity contribution in [1.82, 2.24) is 5.32 Å². The van der Waals surface area contributed by atoms with Crippen LogP contribution in [-0.4, -0.2) is 11.7 Å². The predicted octanol–water partition coefficient (Wildman–Crippen LogP) is 7.32. The van der Waals surface area contributed by atoms with Crippen LogP contribution in [0.15, 0.2) is 54.1 Å². The van der Waals surface area contributed by atoms with Crippen molar-refractivity contribution in [2.75, 3.05) is 0 Å². The second kappa shape index (κ2) is 10.0. The molecule has 0 spiro atoms. The summed E-state index contributed by atoms with van der Waals surface area (Å²) in [5.41, 5.74) is 4.36. The molecule has 2 atom stereocenters. The third-order valence-corrected chi connectivity index (χ3v) is 7.06. The fraction of sp³-hybridized carbons (Fsp3) is 0.483. The van der Waals surface area contributed by atoms with Crippen LogP contribution in [-0.2, 0) is 13.0 Å². The first-order chi connectivity index (χ1) is 15.9. The van der Waals surface area contributed by atoms with E-state index in [0.717, 1.165) is 42.6 Å². The first kappa shape index (κ1) is 23.4. The number of hydrogen-bond acceptors (Lipinski definition) is 3. The minimum Gasteiger partial charge on any atom is -0.487 e. The van der Waals surface area contributed by atoms with Crippen molar-refractivity contribution in [3.05, 3.63) is 70.8 Å². The van der Waals surface area contributed by atoms with Crippen molar-refractivity contribution in [3.63, 3.8) is 0 Å². The monoisotopic (exact) mass is 447 g/mol. The van der Waals surface area contributed by atoms with E-state index in [2.05, 4.69) is 51.2 Å². The highest BCUT2D eigenvalue weighted by molar-refractivity contribution is 5.72. The van der Waals surface area contributed by atoms with E-state index in [1.165, 1.54) is 24.0 Å². The maximum atomic E-state index is 12.8. The van der Waals surface area contributed by atoms with Crippen molar-refractivity contribution in [2.45, 2.75) is 84.3 Å². The number of nitrogens with one attached hydrogen (secondary N) is 1. The largest absolute Gasteiger partial charge is 0.487 e. The summed E-state index contributed by atoms with van der Waals surface area (Å²) >= 11 is 0. The third-order valence-electron chi connectivity index (χ3n) is 7.06. The molecule has 1 N–H and O–H groups in total. The smallest absolute Gasteiger partial charge is 0.412 e. The Bertz CT molecular complexity index is 1010. The highest BCUT2D eigenvalue weighted by atomic mass is 16.6. The normalized spacial score (nSPS) is 20.7. The van der Waals surface area contributed by atoms with Gasteiger partial charge in [0.1, 0.15) is 17.1 Å². The lowest BCUT2D eigenvalue weighted by molar-refractivity contribution is 0.0108. The van der Waals surface area contributed by atoms with Crippen LogP contribution >= 0.6 is 0 Å². The molecule has 1 aliphatic carbocycles. The number of carbonyl (C=O) groups is 1. The summed E-state index contributed by atoms with van der Waals surface area (Å²) in [6.07, 6.45) is 8.53. The van der Waals surface area contributed by atoms with Crippen LogP contribution in [0.3, 0.4) is 0 Å². The number of fused-ring (bicyclic) bond motifs is 3. The first-order valence-electron chi connectivity index (χ1n) is 12.4. The van der Waals surface area contributed by atoms with Gasteiger partial charge in [-0.3, -0.25) is 0 Å². The molecule has 1 amide bonds. The lowest BCUT2D eigenvalue weighted by Crippen LogP contribution is -2.45. The molecule has 176 valence electrons. The Labute approximate surface area is 198 Å². The molecule has 2 aromatic carbocycles. The fourth-order valence-corrected chi connectivity index (χ4v) is 5.27. The number of unbranched alkanes of at least 4 members (excludes halogenated alkanes) is 2. The molecule has 1 unspecified atom stereocenters. The number of amides is 1. The highest BCUT2D eigenvalue weighted by Crippen LogP contribution is 2.53. The van der Waals surface area contributed by atoms with Crippen molar-refractivity contribution in [3.8, 4) is 11.5 Å². The van der Waals surface area contributed by atoms with Crippen molar-refractivity contribution in [1.29, 1.82) is 0 Å². The average Bonchev–Trinajstić information content (AvgIpc) is 2.77. The van der Waals surface area contributed by atoms with E-state index in [9.17, 15) is 4.79 Å². The van der Waals surface area contributed by atoms with Gasteiger partial charge in [0.15, 0.2) is 0 Å². The van der Waals surface area contributed by atoms with Crippen LogP contribution < -0.4 is 14.8 Å². The summed E-state index contributed by atoms with van der Waals surface area (Å²) < 4.78 is 12.6. The van der Waals surface area contributed by atoms with Crippen LogP contribution in [0.2, 0.25) is 0 Å². The molecular weight excluding hydrogens is 410 g/mol. The van der Waals surface area contributed by atoms with E-state index in [-0.39, 0.29) is 11.5 Å².